The Morgan fingerprint density at radius 3 is 0.778 bits per heavy atom. The summed E-state index contributed by atoms with van der Waals surface area (Å²) in [7, 11) is 0. The van der Waals surface area contributed by atoms with Crippen LogP contribution < -0.4 is 19.6 Å². The summed E-state index contributed by atoms with van der Waals surface area (Å²) >= 11 is 0. The van der Waals surface area contributed by atoms with E-state index in [1.54, 1.807) is 0 Å². The quantitative estimate of drug-likeness (QED) is 0.0528. The molecule has 0 aliphatic carbocycles. The van der Waals surface area contributed by atoms with Gasteiger partial charge in [0.05, 0.1) is 28.8 Å². The van der Waals surface area contributed by atoms with Crippen molar-refractivity contribution in [2.45, 2.75) is 20.3 Å². The van der Waals surface area contributed by atoms with Gasteiger partial charge >= 0.3 is 20.1 Å². The maximum absolute atomic E-state index is 10.0. The number of carbonyl (C=O) groups is 2. The summed E-state index contributed by atoms with van der Waals surface area (Å²) in [6, 6.07) is 134. The van der Waals surface area contributed by atoms with Gasteiger partial charge in [0, 0.05) is 91.4 Å². The maximum atomic E-state index is 10.0. The number of ketones is 2. The molecule has 2 heterocycles. The van der Waals surface area contributed by atoms with Crippen molar-refractivity contribution in [2.75, 3.05) is 19.6 Å². The number of rotatable bonds is 16. The molecule has 108 heavy (non-hydrogen) atoms. The van der Waals surface area contributed by atoms with E-state index in [2.05, 4.69) is 335 Å². The molecule has 0 spiro atoms. The van der Waals surface area contributed by atoms with Crippen LogP contribution in [0.2, 0.25) is 0 Å². The molecule has 0 atom stereocenters. The van der Waals surface area contributed by atoms with Crippen LogP contribution in [0.4, 0.5) is 68.2 Å². The molecular weight excluding hydrogens is 1500 g/mol. The smallest absolute Gasteiger partial charge is 0.328 e. The number of hydrogen-bond acceptors (Lipinski definition) is 10. The second-order valence-electron chi connectivity index (χ2n) is 26.0. The van der Waals surface area contributed by atoms with Crippen molar-refractivity contribution in [3.63, 3.8) is 0 Å². The molecule has 0 saturated heterocycles. The van der Waals surface area contributed by atoms with Crippen molar-refractivity contribution >= 4 is 145 Å². The SMILES string of the molecule is CC(=O)CC(C)=O.[Ir+3].[c-]1c(N(c2ccccc2)c2ccccc2)ccc2c1c1ncc(-c3ccccc3)nc1c1cc(N(c3ccccc3)c3ccccc3)ccc21.[c-]1c(N(c2ccccc2)c2ccccc2)ccc2c1c1ncc(-c3ccccc3)nc1c1cc(N(c3ccccc3)c3ccccc3)ccc21. The largest absolute Gasteiger partial charge is 3.00 e. The number of aromatic nitrogens is 4. The minimum absolute atomic E-state index is 0. The van der Waals surface area contributed by atoms with Gasteiger partial charge in [-0.3, -0.25) is 19.6 Å². The molecule has 0 unspecified atom stereocenters. The molecule has 518 valence electrons. The molecule has 0 aliphatic heterocycles. The Morgan fingerprint density at radius 2 is 0.519 bits per heavy atom. The van der Waals surface area contributed by atoms with Crippen molar-refractivity contribution in [1.29, 1.82) is 0 Å². The normalized spacial score (nSPS) is 10.9. The summed E-state index contributed by atoms with van der Waals surface area (Å²) in [5.41, 5.74) is 19.6. The van der Waals surface area contributed by atoms with Crippen molar-refractivity contribution in [2.24, 2.45) is 0 Å². The third kappa shape index (κ3) is 14.8. The zero-order valence-electron chi connectivity index (χ0n) is 59.2. The van der Waals surface area contributed by atoms with Gasteiger partial charge in [-0.25, -0.2) is 0 Å². The number of Topliss-reactive ketones (excluding diaryl/α,β-unsaturated/α-hetero) is 2. The molecule has 2 aromatic heterocycles. The second kappa shape index (κ2) is 32.2. The van der Waals surface area contributed by atoms with Gasteiger partial charge in [-0.1, -0.05) is 240 Å². The monoisotopic (exact) mass is 1570 g/mol. The first-order valence-corrected chi connectivity index (χ1v) is 35.6. The first-order chi connectivity index (χ1) is 52.8. The summed E-state index contributed by atoms with van der Waals surface area (Å²) in [5.74, 6) is -0.125. The minimum Gasteiger partial charge on any atom is -0.328 e. The molecule has 0 N–H and O–H groups in total. The van der Waals surface area contributed by atoms with E-state index in [9.17, 15) is 9.59 Å². The third-order valence-corrected chi connectivity index (χ3v) is 18.7. The predicted molar refractivity (Wildman–Crippen MR) is 442 cm³/mol. The van der Waals surface area contributed by atoms with Crippen LogP contribution >= 0.6 is 0 Å². The van der Waals surface area contributed by atoms with E-state index in [4.69, 9.17) is 19.9 Å². The maximum Gasteiger partial charge on any atom is 3.00 e. The van der Waals surface area contributed by atoms with Gasteiger partial charge < -0.3 is 29.6 Å². The molecule has 0 aliphatic rings. The molecule has 0 radical (unpaired) electrons. The fourth-order valence-corrected chi connectivity index (χ4v) is 14.0. The van der Waals surface area contributed by atoms with E-state index in [1.807, 2.05) is 73.1 Å². The summed E-state index contributed by atoms with van der Waals surface area (Å²) < 4.78 is 0. The van der Waals surface area contributed by atoms with Crippen molar-refractivity contribution in [1.82, 2.24) is 19.9 Å². The molecule has 11 heteroatoms. The average Bonchev–Trinajstić information content (AvgIpc) is 0.733. The topological polar surface area (TPSA) is 98.7 Å². The van der Waals surface area contributed by atoms with E-state index in [1.165, 1.54) is 13.8 Å². The van der Waals surface area contributed by atoms with Gasteiger partial charge in [0.15, 0.2) is 0 Å². The fourth-order valence-electron chi connectivity index (χ4n) is 14.0. The number of carbonyl (C=O) groups excluding carboxylic acids is 2. The zero-order valence-corrected chi connectivity index (χ0v) is 61.6. The van der Waals surface area contributed by atoms with Gasteiger partial charge in [-0.15, -0.1) is 47.2 Å². The zero-order chi connectivity index (χ0) is 72.4. The Bertz CT molecular complexity index is 5620. The van der Waals surface area contributed by atoms with Crippen LogP contribution in [0.15, 0.2) is 376 Å². The predicted octanol–water partition coefficient (Wildman–Crippen LogP) is 25.2. The van der Waals surface area contributed by atoms with Crippen LogP contribution in [-0.4, -0.2) is 31.5 Å². The summed E-state index contributed by atoms with van der Waals surface area (Å²) in [6.07, 6.45) is 3.86. The molecule has 16 aromatic carbocycles. The molecular formula is C97H70IrN8O2+. The van der Waals surface area contributed by atoms with Gasteiger partial charge in [-0.2, -0.15) is 0 Å². The van der Waals surface area contributed by atoms with Crippen LogP contribution in [0.1, 0.15) is 20.3 Å². The molecule has 18 aromatic rings. The van der Waals surface area contributed by atoms with E-state index in [0.717, 1.165) is 156 Å². The van der Waals surface area contributed by atoms with Gasteiger partial charge in [-0.05, 0) is 157 Å². The Morgan fingerprint density at radius 1 is 0.269 bits per heavy atom. The van der Waals surface area contributed by atoms with Crippen molar-refractivity contribution < 1.29 is 29.7 Å². The number of fused-ring (bicyclic) bond motifs is 12. The molecule has 18 rings (SSSR count). The number of para-hydroxylation sites is 8. The number of hydrogen-bond donors (Lipinski definition) is 0. The summed E-state index contributed by atoms with van der Waals surface area (Å²) in [6.45, 7) is 2.81. The fraction of sp³-hybridized carbons (Fsp3) is 0.0309. The van der Waals surface area contributed by atoms with Gasteiger partial charge in [0.1, 0.15) is 11.6 Å². The van der Waals surface area contributed by atoms with Gasteiger partial charge in [0.25, 0.3) is 0 Å². The van der Waals surface area contributed by atoms with Crippen molar-refractivity contribution in [3.8, 4) is 22.5 Å². The van der Waals surface area contributed by atoms with Crippen LogP contribution in [0.25, 0.3) is 87.7 Å². The van der Waals surface area contributed by atoms with Crippen LogP contribution in [0.3, 0.4) is 0 Å². The first-order valence-electron chi connectivity index (χ1n) is 35.6. The Hall–Kier alpha value is -13.6. The van der Waals surface area contributed by atoms with E-state index < -0.39 is 0 Å². The van der Waals surface area contributed by atoms with E-state index in [-0.39, 0.29) is 38.1 Å². The van der Waals surface area contributed by atoms with Crippen LogP contribution in [0, 0.1) is 12.1 Å². The van der Waals surface area contributed by atoms with E-state index >= 15 is 0 Å². The number of nitrogens with zero attached hydrogens (tertiary/aromatic N) is 8. The summed E-state index contributed by atoms with van der Waals surface area (Å²) in [5, 5.41) is 8.31. The molecule has 0 amide bonds. The Balaban J connectivity index is 0.000000157. The van der Waals surface area contributed by atoms with Crippen LogP contribution in [0.5, 0.6) is 0 Å². The molecule has 0 saturated carbocycles. The Kier molecular flexibility index (Phi) is 20.9. The Labute approximate surface area is 641 Å². The van der Waals surface area contributed by atoms with Crippen LogP contribution in [-0.2, 0) is 29.7 Å². The minimum atomic E-state index is -0.0625. The second-order valence-corrected chi connectivity index (χ2v) is 26.0. The molecule has 0 fully saturated rings. The molecule has 10 nitrogen and oxygen atoms in total. The number of benzene rings is 16. The standard InChI is InChI=1S/2C46H31N4.C5H8O2.Ir/c2*1-6-16-33(17-7-1)44-32-47-45-42-30-38(49(34-18-8-2-9-19-34)35-20-10-3-11-21-35)26-28-40(42)41-29-27-39(31-43(41)46(45)48-44)50(36-22-12-4-13-23-36)37-24-14-5-15-25-37;1-4(6)3-5(2)7;/h2*1-29,31-32H;3H2,1-2H3;/q2*-1;;+3. The average molecular weight is 1570 g/mol. The first kappa shape index (κ1) is 70.1. The summed E-state index contributed by atoms with van der Waals surface area (Å²) in [4.78, 5) is 50.1. The van der Waals surface area contributed by atoms with Crippen molar-refractivity contribution in [3.05, 3.63) is 389 Å². The number of anilines is 12. The molecule has 0 bridgehead atoms. The third-order valence-electron chi connectivity index (χ3n) is 18.7. The van der Waals surface area contributed by atoms with E-state index in [0.29, 0.717) is 0 Å². The van der Waals surface area contributed by atoms with Gasteiger partial charge in [0.2, 0.25) is 0 Å².